The maximum atomic E-state index is 11.9. The van der Waals surface area contributed by atoms with Crippen LogP contribution < -0.4 is 10.1 Å². The van der Waals surface area contributed by atoms with Gasteiger partial charge >= 0.3 is 5.97 Å². The molecule has 0 aliphatic carbocycles. The molecule has 0 fully saturated rings. The molecule has 24 heavy (non-hydrogen) atoms. The van der Waals surface area contributed by atoms with Gasteiger partial charge in [0.25, 0.3) is 11.6 Å². The third-order valence-electron chi connectivity index (χ3n) is 2.93. The van der Waals surface area contributed by atoms with E-state index < -0.39 is 23.4 Å². The van der Waals surface area contributed by atoms with Gasteiger partial charge in [-0.25, -0.2) is 0 Å². The molecule has 1 amide bonds. The van der Waals surface area contributed by atoms with Gasteiger partial charge in [-0.2, -0.15) is 0 Å². The van der Waals surface area contributed by atoms with Crippen LogP contribution in [0.5, 0.6) is 5.75 Å². The van der Waals surface area contributed by atoms with E-state index in [1.54, 1.807) is 6.07 Å². The number of hydrogen-bond donors (Lipinski definition) is 1. The van der Waals surface area contributed by atoms with E-state index in [4.69, 9.17) is 9.47 Å². The van der Waals surface area contributed by atoms with Crippen molar-refractivity contribution in [1.29, 1.82) is 0 Å². The molecule has 0 saturated heterocycles. The van der Waals surface area contributed by atoms with Crippen molar-refractivity contribution >= 4 is 34.6 Å². The van der Waals surface area contributed by atoms with Crippen LogP contribution in [-0.2, 0) is 20.7 Å². The first kappa shape index (κ1) is 17.4. The van der Waals surface area contributed by atoms with Crippen molar-refractivity contribution in [3.05, 3.63) is 50.7 Å². The highest BCUT2D eigenvalue weighted by molar-refractivity contribution is 7.10. The lowest BCUT2D eigenvalue weighted by atomic mass is 10.2. The first-order chi connectivity index (χ1) is 11.5. The summed E-state index contributed by atoms with van der Waals surface area (Å²) in [5.41, 5.74) is -0.0632. The summed E-state index contributed by atoms with van der Waals surface area (Å²) in [7, 11) is 1.37. The lowest BCUT2D eigenvalue weighted by Gasteiger charge is -2.10. The molecule has 0 aliphatic rings. The summed E-state index contributed by atoms with van der Waals surface area (Å²) < 4.78 is 9.91. The molecular formula is C15H14N2O6S. The smallest absolute Gasteiger partial charge is 0.311 e. The molecule has 9 heteroatoms. The summed E-state index contributed by atoms with van der Waals surface area (Å²) in [5.74, 6) is -0.884. The van der Waals surface area contributed by atoms with Crippen LogP contribution in [0.15, 0.2) is 35.7 Å². The Balaban J connectivity index is 1.93. The Labute approximate surface area is 141 Å². The van der Waals surface area contributed by atoms with Crippen LogP contribution in [0.1, 0.15) is 4.88 Å². The fraction of sp³-hybridized carbons (Fsp3) is 0.200. The Kier molecular flexibility index (Phi) is 5.85. The molecule has 2 aromatic rings. The Hall–Kier alpha value is -2.94. The fourth-order valence-electron chi connectivity index (χ4n) is 1.85. The van der Waals surface area contributed by atoms with E-state index in [1.807, 2.05) is 11.4 Å². The van der Waals surface area contributed by atoms with Crippen molar-refractivity contribution in [3.8, 4) is 5.75 Å². The number of nitrogens with one attached hydrogen (secondary N) is 1. The second kappa shape index (κ2) is 8.06. The molecule has 1 aromatic carbocycles. The van der Waals surface area contributed by atoms with Crippen molar-refractivity contribution in [2.75, 3.05) is 19.0 Å². The number of nitro groups is 1. The van der Waals surface area contributed by atoms with Gasteiger partial charge in [0.2, 0.25) is 0 Å². The third-order valence-corrected chi connectivity index (χ3v) is 3.81. The normalized spacial score (nSPS) is 10.0. The van der Waals surface area contributed by atoms with E-state index >= 15 is 0 Å². The number of thiophene rings is 1. The number of rotatable bonds is 7. The van der Waals surface area contributed by atoms with E-state index in [0.29, 0.717) is 0 Å². The molecule has 0 saturated carbocycles. The zero-order valence-electron chi connectivity index (χ0n) is 12.7. The van der Waals surface area contributed by atoms with Gasteiger partial charge < -0.3 is 14.8 Å². The summed E-state index contributed by atoms with van der Waals surface area (Å²) in [4.78, 5) is 34.5. The van der Waals surface area contributed by atoms with E-state index in [-0.39, 0.29) is 23.5 Å². The van der Waals surface area contributed by atoms with Crippen LogP contribution in [-0.4, -0.2) is 30.5 Å². The van der Waals surface area contributed by atoms with Crippen LogP contribution in [0, 0.1) is 10.1 Å². The van der Waals surface area contributed by atoms with Gasteiger partial charge in [0, 0.05) is 17.0 Å². The topological polar surface area (TPSA) is 108 Å². The first-order valence-electron chi connectivity index (χ1n) is 6.80. The summed E-state index contributed by atoms with van der Waals surface area (Å²) in [6.45, 7) is -0.490. The van der Waals surface area contributed by atoms with Gasteiger partial charge in [-0.15, -0.1) is 11.3 Å². The molecule has 0 bridgehead atoms. The second-order valence-electron chi connectivity index (χ2n) is 4.61. The van der Waals surface area contributed by atoms with Crippen molar-refractivity contribution < 1.29 is 24.0 Å². The number of non-ortho nitro benzene ring substituents is 1. The summed E-state index contributed by atoms with van der Waals surface area (Å²) in [5, 5.41) is 15.1. The minimum Gasteiger partial charge on any atom is -0.495 e. The molecular weight excluding hydrogens is 336 g/mol. The number of carbonyl (C=O) groups excluding carboxylic acids is 2. The Bertz CT molecular complexity index is 744. The van der Waals surface area contributed by atoms with Crippen LogP contribution >= 0.6 is 11.3 Å². The van der Waals surface area contributed by atoms with Crippen LogP contribution in [0.4, 0.5) is 11.4 Å². The van der Waals surface area contributed by atoms with Crippen molar-refractivity contribution in [2.45, 2.75) is 6.42 Å². The molecule has 0 spiro atoms. The Morgan fingerprint density at radius 3 is 2.75 bits per heavy atom. The van der Waals surface area contributed by atoms with Crippen molar-refractivity contribution in [3.63, 3.8) is 0 Å². The predicted molar refractivity (Wildman–Crippen MR) is 87.3 cm³/mol. The summed E-state index contributed by atoms with van der Waals surface area (Å²) >= 11 is 1.42. The Morgan fingerprint density at radius 1 is 1.33 bits per heavy atom. The van der Waals surface area contributed by atoms with E-state index in [9.17, 15) is 19.7 Å². The molecule has 0 aliphatic heterocycles. The number of methoxy groups -OCH3 is 1. The lowest BCUT2D eigenvalue weighted by Crippen LogP contribution is -2.21. The van der Waals surface area contributed by atoms with Crippen molar-refractivity contribution in [2.24, 2.45) is 0 Å². The minimum absolute atomic E-state index is 0.0884. The number of anilines is 1. The zero-order valence-corrected chi connectivity index (χ0v) is 13.5. The zero-order chi connectivity index (χ0) is 17.5. The van der Waals surface area contributed by atoms with Gasteiger partial charge in [-0.05, 0) is 17.5 Å². The highest BCUT2D eigenvalue weighted by Gasteiger charge is 2.15. The third kappa shape index (κ3) is 4.78. The van der Waals surface area contributed by atoms with Crippen molar-refractivity contribution in [1.82, 2.24) is 0 Å². The Morgan fingerprint density at radius 2 is 2.12 bits per heavy atom. The number of ether oxygens (including phenoxy) is 2. The average molecular weight is 350 g/mol. The van der Waals surface area contributed by atoms with Gasteiger partial charge in [-0.1, -0.05) is 6.07 Å². The highest BCUT2D eigenvalue weighted by Crippen LogP contribution is 2.28. The van der Waals surface area contributed by atoms with E-state index in [1.165, 1.54) is 36.6 Å². The second-order valence-corrected chi connectivity index (χ2v) is 5.64. The SMILES string of the molecule is COc1ccc([N+](=O)[O-])cc1NC(=O)COC(=O)Cc1cccs1. The van der Waals surface area contributed by atoms with E-state index in [2.05, 4.69) is 5.32 Å². The molecule has 2 rings (SSSR count). The quantitative estimate of drug-likeness (QED) is 0.467. The van der Waals surface area contributed by atoms with Crippen LogP contribution in [0.3, 0.4) is 0 Å². The average Bonchev–Trinajstić information content (AvgIpc) is 3.05. The number of hydrogen-bond acceptors (Lipinski definition) is 7. The molecule has 0 unspecified atom stereocenters. The van der Waals surface area contributed by atoms with Gasteiger partial charge in [0.1, 0.15) is 5.75 Å². The lowest BCUT2D eigenvalue weighted by molar-refractivity contribution is -0.384. The molecule has 1 N–H and O–H groups in total. The number of amides is 1. The minimum atomic E-state index is -0.617. The predicted octanol–water partition coefficient (Wildman–Crippen LogP) is 2.39. The number of nitro benzene ring substituents is 1. The molecule has 1 heterocycles. The van der Waals surface area contributed by atoms with Gasteiger partial charge in [0.15, 0.2) is 6.61 Å². The maximum absolute atomic E-state index is 11.9. The monoisotopic (exact) mass is 350 g/mol. The summed E-state index contributed by atoms with van der Waals surface area (Å²) in [6, 6.07) is 7.41. The molecule has 0 atom stereocenters. The van der Waals surface area contributed by atoms with E-state index in [0.717, 1.165) is 4.88 Å². The fourth-order valence-corrected chi connectivity index (χ4v) is 2.54. The number of benzene rings is 1. The van der Waals surface area contributed by atoms with Crippen LogP contribution in [0.25, 0.3) is 0 Å². The van der Waals surface area contributed by atoms with Gasteiger partial charge in [-0.3, -0.25) is 19.7 Å². The highest BCUT2D eigenvalue weighted by atomic mass is 32.1. The summed E-state index contributed by atoms with van der Waals surface area (Å²) in [6.07, 6.45) is 0.0884. The maximum Gasteiger partial charge on any atom is 0.311 e. The number of esters is 1. The molecule has 1 aromatic heterocycles. The molecule has 126 valence electrons. The molecule has 8 nitrogen and oxygen atoms in total. The number of carbonyl (C=O) groups is 2. The number of nitrogens with zero attached hydrogens (tertiary/aromatic N) is 1. The standard InChI is InChI=1S/C15H14N2O6S/c1-22-13-5-4-10(17(20)21)7-12(13)16-14(18)9-23-15(19)8-11-3-2-6-24-11/h2-7H,8-9H2,1H3,(H,16,18). The molecule has 0 radical (unpaired) electrons. The van der Waals surface area contributed by atoms with Gasteiger partial charge in [0.05, 0.1) is 24.1 Å². The van der Waals surface area contributed by atoms with Crippen LogP contribution in [0.2, 0.25) is 0 Å². The first-order valence-corrected chi connectivity index (χ1v) is 7.68. The largest absolute Gasteiger partial charge is 0.495 e.